The van der Waals surface area contributed by atoms with Crippen molar-refractivity contribution in [3.63, 3.8) is 0 Å². The first kappa shape index (κ1) is 44.1. The molecule has 0 heterocycles. The van der Waals surface area contributed by atoms with E-state index in [1.807, 2.05) is 6.08 Å². The van der Waals surface area contributed by atoms with E-state index in [0.717, 1.165) is 24.5 Å². The highest BCUT2D eigenvalue weighted by Gasteiger charge is 2.14. The first-order chi connectivity index (χ1) is 23.6. The Morgan fingerprint density at radius 1 is 0.646 bits per heavy atom. The first-order valence-corrected chi connectivity index (χ1v) is 18.1. The predicted octanol–water partition coefficient (Wildman–Crippen LogP) is 4.58. The van der Waals surface area contributed by atoms with E-state index in [1.165, 1.54) is 51.4 Å². The van der Waals surface area contributed by atoms with Gasteiger partial charge in [0.05, 0.1) is 79.3 Å². The Labute approximate surface area is 292 Å². The number of aliphatic carboxylic acids is 1. The molecular formula is C34H61NO12S. The number of rotatable bonds is 36. The molecule has 0 radical (unpaired) electrons. The zero-order chi connectivity index (χ0) is 34.6. The smallest absolute Gasteiger partial charge is 0.407 e. The zero-order valence-electron chi connectivity index (χ0n) is 28.8. The predicted molar refractivity (Wildman–Crippen MR) is 185 cm³/mol. The van der Waals surface area contributed by atoms with Crippen LogP contribution in [0.2, 0.25) is 0 Å². The molecule has 0 aromatic rings. The number of carbonyl (C=O) groups excluding carboxylic acids is 1. The Bertz CT molecular complexity index is 817. The molecule has 1 unspecified atom stereocenters. The first-order valence-electron chi connectivity index (χ1n) is 17.4. The minimum Gasteiger partial charge on any atom is -0.492 e. The number of carboxylic acids is 1. The summed E-state index contributed by atoms with van der Waals surface area (Å²) in [6, 6.07) is 0. The van der Waals surface area contributed by atoms with Crippen molar-refractivity contribution in [2.75, 3.05) is 111 Å². The maximum Gasteiger partial charge on any atom is 0.407 e. The number of carboxylic acid groups (broad SMARTS) is 1. The molecule has 0 aromatic heterocycles. The molecule has 280 valence electrons. The van der Waals surface area contributed by atoms with Crippen LogP contribution in [0.3, 0.4) is 0 Å². The van der Waals surface area contributed by atoms with E-state index in [1.54, 1.807) is 12.2 Å². The van der Waals surface area contributed by atoms with Gasteiger partial charge in [0.15, 0.2) is 0 Å². The summed E-state index contributed by atoms with van der Waals surface area (Å²) in [5.41, 5.74) is 0. The van der Waals surface area contributed by atoms with Gasteiger partial charge < -0.3 is 53.1 Å². The molecule has 0 fully saturated rings. The van der Waals surface area contributed by atoms with Crippen LogP contribution in [0.15, 0.2) is 24.0 Å². The summed E-state index contributed by atoms with van der Waals surface area (Å²) >= 11 is 4.25. The fraction of sp³-hybridized carbons (Fsp3) is 0.824. The standard InChI is InChI=1S/C34H61NO12S/c36-33(37)30-45-26-25-43-22-21-42-20-18-40-16-14-35-34(38)47-32-12-10-31(11-13-32)46-28-27-44-24-23-41-19-17-39-15-8-6-4-2-1-3-5-7-9-29-48/h10-12,32,48H,1-9,13-30H2,(H,35,38)(H,36,37). The lowest BCUT2D eigenvalue weighted by molar-refractivity contribution is -0.142. The van der Waals surface area contributed by atoms with Crippen LogP contribution in [0.25, 0.3) is 0 Å². The number of hydrogen-bond acceptors (Lipinski definition) is 12. The molecule has 14 heteroatoms. The van der Waals surface area contributed by atoms with Crippen LogP contribution in [0.1, 0.15) is 64.2 Å². The Hall–Kier alpha value is -1.91. The fourth-order valence-corrected chi connectivity index (χ4v) is 4.54. The summed E-state index contributed by atoms with van der Waals surface area (Å²) in [6.45, 7) is 6.26. The Morgan fingerprint density at radius 2 is 1.12 bits per heavy atom. The number of nitrogens with one attached hydrogen (secondary N) is 1. The van der Waals surface area contributed by atoms with E-state index >= 15 is 0 Å². The van der Waals surface area contributed by atoms with E-state index in [0.29, 0.717) is 92.2 Å². The summed E-state index contributed by atoms with van der Waals surface area (Å²) in [7, 11) is 0. The van der Waals surface area contributed by atoms with Gasteiger partial charge in [-0.05, 0) is 36.8 Å². The Kier molecular flexibility index (Phi) is 32.1. The van der Waals surface area contributed by atoms with Gasteiger partial charge in [-0.1, -0.05) is 44.9 Å². The van der Waals surface area contributed by atoms with Crippen LogP contribution in [-0.4, -0.2) is 135 Å². The minimum atomic E-state index is -1.01. The number of alkyl carbamates (subject to hydrolysis) is 1. The minimum absolute atomic E-state index is 0.219. The molecular weight excluding hydrogens is 646 g/mol. The van der Waals surface area contributed by atoms with E-state index in [9.17, 15) is 9.59 Å². The highest BCUT2D eigenvalue weighted by atomic mass is 32.1. The summed E-state index contributed by atoms with van der Waals surface area (Å²) < 4.78 is 48.7. The molecule has 0 spiro atoms. The van der Waals surface area contributed by atoms with Crippen molar-refractivity contribution < 1.29 is 57.3 Å². The van der Waals surface area contributed by atoms with Gasteiger partial charge in [-0.15, -0.1) is 0 Å². The van der Waals surface area contributed by atoms with Crippen LogP contribution in [0.4, 0.5) is 4.79 Å². The van der Waals surface area contributed by atoms with Gasteiger partial charge in [0.25, 0.3) is 0 Å². The van der Waals surface area contributed by atoms with Crippen LogP contribution in [0.5, 0.6) is 0 Å². The number of thiol groups is 1. The quantitative estimate of drug-likeness (QED) is 0.0618. The second-order valence-electron chi connectivity index (χ2n) is 10.9. The third-order valence-electron chi connectivity index (χ3n) is 6.83. The van der Waals surface area contributed by atoms with Gasteiger partial charge >= 0.3 is 12.1 Å². The van der Waals surface area contributed by atoms with E-state index in [-0.39, 0.29) is 19.3 Å². The third kappa shape index (κ3) is 31.4. The molecule has 0 saturated heterocycles. The highest BCUT2D eigenvalue weighted by molar-refractivity contribution is 7.80. The van der Waals surface area contributed by atoms with Crippen LogP contribution >= 0.6 is 12.6 Å². The molecule has 1 amide bonds. The van der Waals surface area contributed by atoms with Crippen LogP contribution < -0.4 is 5.32 Å². The van der Waals surface area contributed by atoms with Crippen LogP contribution in [0, 0.1) is 0 Å². The summed E-state index contributed by atoms with van der Waals surface area (Å²) in [5, 5.41) is 11.1. The average Bonchev–Trinajstić information content (AvgIpc) is 3.08. The average molecular weight is 708 g/mol. The second kappa shape index (κ2) is 34.9. The van der Waals surface area contributed by atoms with E-state index < -0.39 is 12.1 Å². The maximum atomic E-state index is 12.0. The largest absolute Gasteiger partial charge is 0.492 e. The molecule has 48 heavy (non-hydrogen) atoms. The van der Waals surface area contributed by atoms with Gasteiger partial charge in [-0.25, -0.2) is 9.59 Å². The SMILES string of the molecule is O=C(O)COCCOCCOCCOCCNC(=O)OC1C=CC(OCCOCCOCCOCCCCCCCCCCCS)=CC1. The van der Waals surface area contributed by atoms with Gasteiger partial charge in [0, 0.05) is 19.6 Å². The maximum absolute atomic E-state index is 12.0. The number of hydrogen-bond donors (Lipinski definition) is 3. The van der Waals surface area contributed by atoms with Gasteiger partial charge in [0.2, 0.25) is 0 Å². The molecule has 1 aliphatic carbocycles. The number of ether oxygens (including phenoxy) is 9. The molecule has 13 nitrogen and oxygen atoms in total. The Morgan fingerprint density at radius 3 is 1.65 bits per heavy atom. The normalized spacial score (nSPS) is 14.2. The summed E-state index contributed by atoms with van der Waals surface area (Å²) in [5.74, 6) is 0.722. The van der Waals surface area contributed by atoms with Crippen molar-refractivity contribution >= 4 is 24.7 Å². The van der Waals surface area contributed by atoms with Gasteiger partial charge in [0.1, 0.15) is 25.1 Å². The lowest BCUT2D eigenvalue weighted by Crippen LogP contribution is -2.31. The van der Waals surface area contributed by atoms with Crippen molar-refractivity contribution in [3.05, 3.63) is 24.0 Å². The van der Waals surface area contributed by atoms with Crippen molar-refractivity contribution in [3.8, 4) is 0 Å². The number of unbranched alkanes of at least 4 members (excludes halogenated alkanes) is 8. The van der Waals surface area contributed by atoms with Crippen LogP contribution in [-0.2, 0) is 47.4 Å². The molecule has 0 bridgehead atoms. The fourth-order valence-electron chi connectivity index (χ4n) is 4.31. The molecule has 0 aliphatic heterocycles. The monoisotopic (exact) mass is 707 g/mol. The summed E-state index contributed by atoms with van der Waals surface area (Å²) in [6.07, 6.45) is 16.7. The summed E-state index contributed by atoms with van der Waals surface area (Å²) in [4.78, 5) is 22.3. The Balaban J connectivity index is 1.80. The van der Waals surface area contributed by atoms with Gasteiger partial charge in [-0.2, -0.15) is 12.6 Å². The van der Waals surface area contributed by atoms with Gasteiger partial charge in [-0.3, -0.25) is 0 Å². The van der Waals surface area contributed by atoms with E-state index in [2.05, 4.69) is 17.9 Å². The number of allylic oxidation sites excluding steroid dienone is 1. The molecule has 1 atom stereocenters. The topological polar surface area (TPSA) is 149 Å². The number of carbonyl (C=O) groups is 2. The number of amides is 1. The lowest BCUT2D eigenvalue weighted by atomic mass is 10.1. The van der Waals surface area contributed by atoms with Crippen molar-refractivity contribution in [2.24, 2.45) is 0 Å². The molecule has 1 rings (SSSR count). The molecule has 1 aliphatic rings. The van der Waals surface area contributed by atoms with Crippen molar-refractivity contribution in [1.82, 2.24) is 5.32 Å². The van der Waals surface area contributed by atoms with Crippen molar-refractivity contribution in [1.29, 1.82) is 0 Å². The highest BCUT2D eigenvalue weighted by Crippen LogP contribution is 2.14. The zero-order valence-corrected chi connectivity index (χ0v) is 29.7. The van der Waals surface area contributed by atoms with E-state index in [4.69, 9.17) is 47.7 Å². The third-order valence-corrected chi connectivity index (χ3v) is 7.15. The molecule has 0 aromatic carbocycles. The molecule has 0 saturated carbocycles. The lowest BCUT2D eigenvalue weighted by Gasteiger charge is -2.18. The second-order valence-corrected chi connectivity index (χ2v) is 11.4. The molecule has 2 N–H and O–H groups in total. The van der Waals surface area contributed by atoms with Crippen molar-refractivity contribution in [2.45, 2.75) is 70.3 Å².